The highest BCUT2D eigenvalue weighted by Crippen LogP contribution is 2.35. The minimum atomic E-state index is -0.786. The Kier molecular flexibility index (Phi) is 5.62. The zero-order chi connectivity index (χ0) is 17.0. The van der Waals surface area contributed by atoms with Gasteiger partial charge < -0.3 is 21.7 Å². The highest BCUT2D eigenvalue weighted by atomic mass is 79.9. The molecule has 0 saturated carbocycles. The fourth-order valence-electron chi connectivity index (χ4n) is 2.59. The number of carbonyl (C=O) groups excluding carboxylic acids is 1. The van der Waals surface area contributed by atoms with Crippen LogP contribution in [0.15, 0.2) is 52.2 Å². The van der Waals surface area contributed by atoms with Crippen molar-refractivity contribution in [1.82, 2.24) is 10.2 Å². The normalized spacial score (nSPS) is 20.9. The lowest BCUT2D eigenvalue weighted by Crippen LogP contribution is -2.47. The number of primary amides is 1. The van der Waals surface area contributed by atoms with Crippen LogP contribution in [-0.4, -0.2) is 38.0 Å². The number of hydrogen-bond donors (Lipinski definition) is 3. The maximum absolute atomic E-state index is 11.6. The van der Waals surface area contributed by atoms with Gasteiger partial charge in [0.15, 0.2) is 0 Å². The van der Waals surface area contributed by atoms with Crippen LogP contribution in [0, 0.1) is 0 Å². The van der Waals surface area contributed by atoms with Gasteiger partial charge in [-0.3, -0.25) is 4.79 Å². The molecule has 0 bridgehead atoms. The van der Waals surface area contributed by atoms with Gasteiger partial charge in [-0.25, -0.2) is 0 Å². The molecular weight excluding hydrogens is 356 g/mol. The van der Waals surface area contributed by atoms with Gasteiger partial charge in [0.25, 0.3) is 0 Å². The molecule has 6 heteroatoms. The SMILES string of the molecule is CN(C)CCNC1=CC=C(C(N)=O)CC1(N)c1ccc(Br)cc1. The number of rotatable bonds is 6. The molecule has 1 aliphatic rings. The van der Waals surface area contributed by atoms with Crippen molar-refractivity contribution < 1.29 is 4.79 Å². The summed E-state index contributed by atoms with van der Waals surface area (Å²) in [5.74, 6) is -0.430. The number of allylic oxidation sites excluding steroid dienone is 2. The molecule has 5 N–H and O–H groups in total. The van der Waals surface area contributed by atoms with E-state index in [0.29, 0.717) is 12.0 Å². The number of likely N-dealkylation sites (N-methyl/N-ethyl adjacent to an activating group) is 1. The van der Waals surface area contributed by atoms with Crippen LogP contribution >= 0.6 is 15.9 Å². The Bertz CT molecular complexity index is 636. The predicted octanol–water partition coefficient (Wildman–Crippen LogP) is 1.45. The molecule has 0 aliphatic heterocycles. The minimum Gasteiger partial charge on any atom is -0.385 e. The van der Waals surface area contributed by atoms with Gasteiger partial charge in [0.2, 0.25) is 5.91 Å². The molecule has 0 saturated heterocycles. The van der Waals surface area contributed by atoms with E-state index < -0.39 is 11.4 Å². The molecule has 1 unspecified atom stereocenters. The van der Waals surface area contributed by atoms with E-state index in [0.717, 1.165) is 28.8 Å². The van der Waals surface area contributed by atoms with Crippen molar-refractivity contribution in [1.29, 1.82) is 0 Å². The average Bonchev–Trinajstić information content (AvgIpc) is 2.49. The molecule has 1 amide bonds. The Morgan fingerprint density at radius 1 is 1.30 bits per heavy atom. The first-order valence-electron chi connectivity index (χ1n) is 7.47. The molecule has 1 aromatic rings. The van der Waals surface area contributed by atoms with Crippen LogP contribution < -0.4 is 16.8 Å². The Morgan fingerprint density at radius 3 is 2.52 bits per heavy atom. The molecule has 1 aliphatic carbocycles. The summed E-state index contributed by atoms with van der Waals surface area (Å²) in [5.41, 5.74) is 13.7. The van der Waals surface area contributed by atoms with Crippen LogP contribution in [0.4, 0.5) is 0 Å². The number of hydrogen-bond acceptors (Lipinski definition) is 4. The van der Waals surface area contributed by atoms with Gasteiger partial charge in [-0.05, 0) is 37.9 Å². The van der Waals surface area contributed by atoms with Crippen molar-refractivity contribution in [3.8, 4) is 0 Å². The minimum absolute atomic E-state index is 0.380. The second-order valence-corrected chi connectivity index (χ2v) is 6.94. The van der Waals surface area contributed by atoms with E-state index in [1.54, 1.807) is 6.08 Å². The summed E-state index contributed by atoms with van der Waals surface area (Å²) >= 11 is 3.43. The molecule has 1 aromatic carbocycles. The van der Waals surface area contributed by atoms with E-state index in [-0.39, 0.29) is 0 Å². The fraction of sp³-hybridized carbons (Fsp3) is 0.353. The van der Waals surface area contributed by atoms with E-state index in [1.165, 1.54) is 0 Å². The molecule has 124 valence electrons. The molecule has 0 radical (unpaired) electrons. The molecule has 2 rings (SSSR count). The number of halogens is 1. The van der Waals surface area contributed by atoms with Crippen LogP contribution in [0.5, 0.6) is 0 Å². The molecule has 0 heterocycles. The maximum atomic E-state index is 11.6. The third-order valence-electron chi connectivity index (χ3n) is 3.95. The van der Waals surface area contributed by atoms with Crippen LogP contribution in [0.2, 0.25) is 0 Å². The van der Waals surface area contributed by atoms with Gasteiger partial charge in [-0.1, -0.05) is 34.1 Å². The van der Waals surface area contributed by atoms with Crippen LogP contribution in [0.25, 0.3) is 0 Å². The average molecular weight is 379 g/mol. The van der Waals surface area contributed by atoms with E-state index in [1.807, 2.05) is 44.4 Å². The van der Waals surface area contributed by atoms with E-state index in [4.69, 9.17) is 11.5 Å². The monoisotopic (exact) mass is 378 g/mol. The molecular formula is C17H23BrN4O. The lowest BCUT2D eigenvalue weighted by molar-refractivity contribution is -0.114. The summed E-state index contributed by atoms with van der Waals surface area (Å²) in [7, 11) is 4.04. The standard InChI is InChI=1S/C17H23BrN4O/c1-22(2)10-9-21-15-8-3-12(16(19)23)11-17(15,20)13-4-6-14(18)7-5-13/h3-8,21H,9-11,20H2,1-2H3,(H2,19,23). The Labute approximate surface area is 145 Å². The van der Waals surface area contributed by atoms with E-state index in [9.17, 15) is 4.79 Å². The summed E-state index contributed by atoms with van der Waals surface area (Å²) in [6.07, 6.45) is 4.00. The van der Waals surface area contributed by atoms with Crippen molar-refractivity contribution in [3.63, 3.8) is 0 Å². The van der Waals surface area contributed by atoms with Gasteiger partial charge in [0.1, 0.15) is 0 Å². The highest BCUT2D eigenvalue weighted by molar-refractivity contribution is 9.10. The topological polar surface area (TPSA) is 84.4 Å². The summed E-state index contributed by atoms with van der Waals surface area (Å²) in [5, 5.41) is 3.40. The first kappa shape index (κ1) is 17.7. The molecule has 0 aromatic heterocycles. The first-order valence-corrected chi connectivity index (χ1v) is 8.27. The Balaban J connectivity index is 2.32. The zero-order valence-corrected chi connectivity index (χ0v) is 15.1. The summed E-state index contributed by atoms with van der Waals surface area (Å²) in [6, 6.07) is 7.83. The lowest BCUT2D eigenvalue weighted by Gasteiger charge is -2.36. The molecule has 23 heavy (non-hydrogen) atoms. The van der Waals surface area contributed by atoms with Crippen LogP contribution in [0.1, 0.15) is 12.0 Å². The number of benzene rings is 1. The van der Waals surface area contributed by atoms with Crippen molar-refractivity contribution >= 4 is 21.8 Å². The van der Waals surface area contributed by atoms with Crippen molar-refractivity contribution in [2.75, 3.05) is 27.2 Å². The first-order chi connectivity index (χ1) is 10.8. The largest absolute Gasteiger partial charge is 0.385 e. The van der Waals surface area contributed by atoms with Gasteiger partial charge in [0, 0.05) is 35.3 Å². The molecule has 5 nitrogen and oxygen atoms in total. The third-order valence-corrected chi connectivity index (χ3v) is 4.48. The molecule has 0 spiro atoms. The van der Waals surface area contributed by atoms with Gasteiger partial charge >= 0.3 is 0 Å². The Morgan fingerprint density at radius 2 is 1.96 bits per heavy atom. The third kappa shape index (κ3) is 4.22. The van der Waals surface area contributed by atoms with Gasteiger partial charge in [0.05, 0.1) is 5.54 Å². The fourth-order valence-corrected chi connectivity index (χ4v) is 2.86. The Hall–Kier alpha value is -1.63. The van der Waals surface area contributed by atoms with Crippen molar-refractivity contribution in [2.45, 2.75) is 12.0 Å². The van der Waals surface area contributed by atoms with Gasteiger partial charge in [-0.2, -0.15) is 0 Å². The predicted molar refractivity (Wildman–Crippen MR) is 96.5 cm³/mol. The summed E-state index contributed by atoms with van der Waals surface area (Å²) < 4.78 is 0.984. The van der Waals surface area contributed by atoms with Crippen molar-refractivity contribution in [2.24, 2.45) is 11.5 Å². The van der Waals surface area contributed by atoms with E-state index >= 15 is 0 Å². The zero-order valence-electron chi connectivity index (χ0n) is 13.5. The lowest BCUT2D eigenvalue weighted by atomic mass is 9.78. The second-order valence-electron chi connectivity index (χ2n) is 6.02. The van der Waals surface area contributed by atoms with E-state index in [2.05, 4.69) is 26.1 Å². The highest BCUT2D eigenvalue weighted by Gasteiger charge is 2.36. The molecule has 0 fully saturated rings. The van der Waals surface area contributed by atoms with Gasteiger partial charge in [-0.15, -0.1) is 0 Å². The van der Waals surface area contributed by atoms with Crippen LogP contribution in [-0.2, 0) is 10.3 Å². The summed E-state index contributed by atoms with van der Waals surface area (Å²) in [4.78, 5) is 13.7. The van der Waals surface area contributed by atoms with Crippen LogP contribution in [0.3, 0.4) is 0 Å². The maximum Gasteiger partial charge on any atom is 0.244 e. The number of nitrogens with one attached hydrogen (secondary N) is 1. The number of carbonyl (C=O) groups is 1. The quantitative estimate of drug-likeness (QED) is 0.699. The number of nitrogens with two attached hydrogens (primary N) is 2. The molecule has 1 atom stereocenters. The number of nitrogens with zero attached hydrogens (tertiary/aromatic N) is 1. The van der Waals surface area contributed by atoms with Crippen molar-refractivity contribution in [3.05, 3.63) is 57.7 Å². The number of amides is 1. The smallest absolute Gasteiger partial charge is 0.244 e. The second kappa shape index (κ2) is 7.29. The summed E-state index contributed by atoms with van der Waals surface area (Å²) in [6.45, 7) is 1.66.